The Bertz CT molecular complexity index is 553. The molecule has 1 spiro atoms. The molecule has 0 unspecified atom stereocenters. The zero-order valence-electron chi connectivity index (χ0n) is 16.3. The Kier molecular flexibility index (Phi) is 4.94. The molecule has 2 saturated carbocycles. The Morgan fingerprint density at radius 2 is 1.72 bits per heavy atom. The first-order valence-electron chi connectivity index (χ1n) is 10.6. The van der Waals surface area contributed by atoms with Crippen molar-refractivity contribution in [2.45, 2.75) is 63.3 Å². The summed E-state index contributed by atoms with van der Waals surface area (Å²) in [4.78, 5) is 5.29. The van der Waals surface area contributed by atoms with Gasteiger partial charge in [0.15, 0.2) is 0 Å². The average molecular weight is 341 g/mol. The molecule has 1 saturated heterocycles. The lowest BCUT2D eigenvalue weighted by Gasteiger charge is -2.49. The molecule has 3 fully saturated rings. The molecular weight excluding hydrogens is 304 g/mol. The molecule has 1 aromatic carbocycles. The van der Waals surface area contributed by atoms with Crippen molar-refractivity contribution in [2.24, 2.45) is 11.3 Å². The molecule has 2 heteroatoms. The average Bonchev–Trinajstić information content (AvgIpc) is 2.98. The zero-order valence-corrected chi connectivity index (χ0v) is 16.3. The van der Waals surface area contributed by atoms with Crippen LogP contribution in [0.25, 0.3) is 0 Å². The van der Waals surface area contributed by atoms with E-state index in [-0.39, 0.29) is 5.54 Å². The van der Waals surface area contributed by atoms with Gasteiger partial charge in [-0.15, -0.1) is 0 Å². The fourth-order valence-corrected chi connectivity index (χ4v) is 5.71. The van der Waals surface area contributed by atoms with Gasteiger partial charge < -0.3 is 4.90 Å². The number of hydrogen-bond donors (Lipinski definition) is 0. The zero-order chi connectivity index (χ0) is 17.3. The highest BCUT2D eigenvalue weighted by atomic mass is 15.2. The second-order valence-corrected chi connectivity index (χ2v) is 9.40. The lowest BCUT2D eigenvalue weighted by Crippen LogP contribution is -2.47. The van der Waals surface area contributed by atoms with E-state index in [9.17, 15) is 0 Å². The van der Waals surface area contributed by atoms with Gasteiger partial charge in [0.1, 0.15) is 0 Å². The fourth-order valence-electron chi connectivity index (χ4n) is 5.71. The van der Waals surface area contributed by atoms with Crippen molar-refractivity contribution in [1.29, 1.82) is 0 Å². The van der Waals surface area contributed by atoms with Gasteiger partial charge in [-0.2, -0.15) is 0 Å². The van der Waals surface area contributed by atoms with Crippen LogP contribution < -0.4 is 0 Å². The maximum Gasteiger partial charge on any atom is 0.0455 e. The van der Waals surface area contributed by atoms with Crippen LogP contribution in [-0.4, -0.2) is 43.5 Å². The Morgan fingerprint density at radius 3 is 2.32 bits per heavy atom. The van der Waals surface area contributed by atoms with Crippen LogP contribution in [0.1, 0.15) is 63.4 Å². The first kappa shape index (κ1) is 17.5. The molecule has 138 valence electrons. The van der Waals surface area contributed by atoms with E-state index in [1.54, 1.807) is 0 Å². The standard InChI is InChI=1S/C23H36N2/c1-24(2)23(21-9-4-3-5-10-21)14-12-22(13-15-23)16-18-25(19-22)17-11-20-7-6-8-20/h3-5,9-10,20H,6-8,11-19H2,1-2H3. The maximum atomic E-state index is 2.80. The van der Waals surface area contributed by atoms with E-state index in [0.717, 1.165) is 5.92 Å². The van der Waals surface area contributed by atoms with E-state index in [2.05, 4.69) is 54.2 Å². The van der Waals surface area contributed by atoms with E-state index in [1.807, 2.05) is 0 Å². The van der Waals surface area contributed by atoms with Crippen molar-refractivity contribution in [2.75, 3.05) is 33.7 Å². The van der Waals surface area contributed by atoms with Crippen molar-refractivity contribution >= 4 is 0 Å². The quantitative estimate of drug-likeness (QED) is 0.752. The van der Waals surface area contributed by atoms with Crippen LogP contribution in [0.4, 0.5) is 0 Å². The van der Waals surface area contributed by atoms with Gasteiger partial charge in [0, 0.05) is 12.1 Å². The van der Waals surface area contributed by atoms with Crippen LogP contribution in [0.2, 0.25) is 0 Å². The summed E-state index contributed by atoms with van der Waals surface area (Å²) < 4.78 is 0. The molecule has 0 N–H and O–H groups in total. The van der Waals surface area contributed by atoms with E-state index in [1.165, 1.54) is 83.0 Å². The molecule has 1 heterocycles. The highest BCUT2D eigenvalue weighted by Gasteiger charge is 2.47. The Morgan fingerprint density at radius 1 is 1.00 bits per heavy atom. The van der Waals surface area contributed by atoms with Crippen molar-refractivity contribution in [3.8, 4) is 0 Å². The number of benzene rings is 1. The molecule has 3 aliphatic rings. The van der Waals surface area contributed by atoms with Gasteiger partial charge in [-0.3, -0.25) is 4.90 Å². The second-order valence-electron chi connectivity index (χ2n) is 9.40. The normalized spacial score (nSPS) is 33.9. The lowest BCUT2D eigenvalue weighted by atomic mass is 9.64. The molecule has 0 aromatic heterocycles. The van der Waals surface area contributed by atoms with E-state index in [0.29, 0.717) is 5.41 Å². The maximum absolute atomic E-state index is 2.80. The number of nitrogens with zero attached hydrogens (tertiary/aromatic N) is 2. The molecule has 0 amide bonds. The first-order valence-corrected chi connectivity index (χ1v) is 10.6. The van der Waals surface area contributed by atoms with Crippen LogP contribution in [-0.2, 0) is 5.54 Å². The molecule has 0 radical (unpaired) electrons. The molecule has 4 rings (SSSR count). The molecule has 0 bridgehead atoms. The Balaban J connectivity index is 1.38. The molecule has 1 aliphatic heterocycles. The van der Waals surface area contributed by atoms with Crippen LogP contribution in [0, 0.1) is 11.3 Å². The van der Waals surface area contributed by atoms with Gasteiger partial charge in [-0.25, -0.2) is 0 Å². The summed E-state index contributed by atoms with van der Waals surface area (Å²) in [5.41, 5.74) is 2.40. The van der Waals surface area contributed by atoms with E-state index >= 15 is 0 Å². The topological polar surface area (TPSA) is 6.48 Å². The van der Waals surface area contributed by atoms with Crippen molar-refractivity contribution in [1.82, 2.24) is 9.80 Å². The van der Waals surface area contributed by atoms with E-state index in [4.69, 9.17) is 0 Å². The minimum atomic E-state index is 0.256. The smallest absolute Gasteiger partial charge is 0.0455 e. The summed E-state index contributed by atoms with van der Waals surface area (Å²) in [6.45, 7) is 4.09. The summed E-state index contributed by atoms with van der Waals surface area (Å²) in [6, 6.07) is 11.3. The van der Waals surface area contributed by atoms with Crippen molar-refractivity contribution in [3.63, 3.8) is 0 Å². The molecular formula is C23H36N2. The van der Waals surface area contributed by atoms with Crippen LogP contribution in [0.5, 0.6) is 0 Å². The largest absolute Gasteiger partial charge is 0.303 e. The second kappa shape index (κ2) is 7.04. The third-order valence-electron chi connectivity index (χ3n) is 7.90. The van der Waals surface area contributed by atoms with Crippen LogP contribution in [0.3, 0.4) is 0 Å². The molecule has 1 aromatic rings. The Labute approximate surface area is 154 Å². The monoisotopic (exact) mass is 340 g/mol. The minimum absolute atomic E-state index is 0.256. The summed E-state index contributed by atoms with van der Waals surface area (Å²) in [6.07, 6.45) is 12.8. The third kappa shape index (κ3) is 3.40. The summed E-state index contributed by atoms with van der Waals surface area (Å²) in [7, 11) is 4.56. The van der Waals surface area contributed by atoms with Crippen molar-refractivity contribution in [3.05, 3.63) is 35.9 Å². The number of hydrogen-bond acceptors (Lipinski definition) is 2. The van der Waals surface area contributed by atoms with Gasteiger partial charge in [0.05, 0.1) is 0 Å². The first-order chi connectivity index (χ1) is 12.1. The van der Waals surface area contributed by atoms with Crippen LogP contribution >= 0.6 is 0 Å². The lowest BCUT2D eigenvalue weighted by molar-refractivity contribution is 0.0378. The molecule has 2 aliphatic carbocycles. The highest BCUT2D eigenvalue weighted by Crippen LogP contribution is 2.51. The highest BCUT2D eigenvalue weighted by molar-refractivity contribution is 5.26. The summed E-state index contributed by atoms with van der Waals surface area (Å²) >= 11 is 0. The Hall–Kier alpha value is -0.860. The number of rotatable bonds is 5. The molecule has 2 nitrogen and oxygen atoms in total. The van der Waals surface area contributed by atoms with Gasteiger partial charge in [-0.1, -0.05) is 49.6 Å². The molecule has 0 atom stereocenters. The molecule has 25 heavy (non-hydrogen) atoms. The SMILES string of the molecule is CN(C)C1(c2ccccc2)CCC2(CCN(CCC3CCC3)C2)CC1. The predicted octanol–water partition coefficient (Wildman–Crippen LogP) is 4.90. The van der Waals surface area contributed by atoms with Gasteiger partial charge in [0.2, 0.25) is 0 Å². The van der Waals surface area contributed by atoms with Crippen molar-refractivity contribution < 1.29 is 0 Å². The van der Waals surface area contributed by atoms with Crippen LogP contribution in [0.15, 0.2) is 30.3 Å². The fraction of sp³-hybridized carbons (Fsp3) is 0.739. The predicted molar refractivity (Wildman–Crippen MR) is 106 cm³/mol. The summed E-state index contributed by atoms with van der Waals surface area (Å²) in [5.74, 6) is 1.06. The van der Waals surface area contributed by atoms with E-state index < -0.39 is 0 Å². The number of likely N-dealkylation sites (tertiary alicyclic amines) is 1. The van der Waals surface area contributed by atoms with Gasteiger partial charge >= 0.3 is 0 Å². The van der Waals surface area contributed by atoms with Gasteiger partial charge in [0.25, 0.3) is 0 Å². The minimum Gasteiger partial charge on any atom is -0.303 e. The van der Waals surface area contributed by atoms with Gasteiger partial charge in [-0.05, 0) is 82.6 Å². The summed E-state index contributed by atoms with van der Waals surface area (Å²) in [5, 5.41) is 0. The third-order valence-corrected chi connectivity index (χ3v) is 7.90.